The smallest absolute Gasteiger partial charge is 0.254 e. The molecule has 0 bridgehead atoms. The van der Waals surface area contributed by atoms with Crippen LogP contribution in [0.1, 0.15) is 35.3 Å². The van der Waals surface area contributed by atoms with Gasteiger partial charge in [-0.15, -0.1) is 0 Å². The van der Waals surface area contributed by atoms with Crippen LogP contribution >= 0.6 is 0 Å². The molecule has 0 saturated heterocycles. The summed E-state index contributed by atoms with van der Waals surface area (Å²) in [5.41, 5.74) is 2.79. The highest BCUT2D eigenvalue weighted by molar-refractivity contribution is 5.98. The Labute approximate surface area is 94.9 Å². The molecule has 4 heteroatoms. The van der Waals surface area contributed by atoms with E-state index in [1.807, 2.05) is 36.9 Å². The van der Waals surface area contributed by atoms with Crippen LogP contribution < -0.4 is 5.90 Å². The summed E-state index contributed by atoms with van der Waals surface area (Å²) in [5.74, 6) is 5.12. The van der Waals surface area contributed by atoms with Gasteiger partial charge in [0.2, 0.25) is 0 Å². The second-order valence-corrected chi connectivity index (χ2v) is 4.33. The monoisotopic (exact) mass is 220 g/mol. The lowest BCUT2D eigenvalue weighted by Gasteiger charge is -2.19. The van der Waals surface area contributed by atoms with E-state index in [-0.39, 0.29) is 11.9 Å². The fourth-order valence-corrected chi connectivity index (χ4v) is 1.97. The van der Waals surface area contributed by atoms with Gasteiger partial charge in [0.05, 0.1) is 6.61 Å². The van der Waals surface area contributed by atoms with E-state index in [1.165, 1.54) is 0 Å². The second-order valence-electron chi connectivity index (χ2n) is 4.33. The Morgan fingerprint density at radius 1 is 1.50 bits per heavy atom. The van der Waals surface area contributed by atoms with Crippen molar-refractivity contribution in [1.29, 1.82) is 0 Å². The van der Waals surface area contributed by atoms with Crippen LogP contribution in [-0.4, -0.2) is 16.8 Å². The highest BCUT2D eigenvalue weighted by atomic mass is 16.6. The number of carbonyl (C=O) groups is 1. The van der Waals surface area contributed by atoms with Gasteiger partial charge in [0.1, 0.15) is 0 Å². The summed E-state index contributed by atoms with van der Waals surface area (Å²) < 4.78 is 0. The largest absolute Gasteiger partial charge is 0.332 e. The van der Waals surface area contributed by atoms with Crippen LogP contribution in [-0.2, 0) is 18.0 Å². The van der Waals surface area contributed by atoms with Crippen LogP contribution in [0.3, 0.4) is 0 Å². The molecule has 16 heavy (non-hydrogen) atoms. The molecule has 0 fully saturated rings. The van der Waals surface area contributed by atoms with E-state index in [4.69, 9.17) is 5.90 Å². The van der Waals surface area contributed by atoms with Gasteiger partial charge in [0.15, 0.2) is 0 Å². The van der Waals surface area contributed by atoms with Crippen molar-refractivity contribution in [3.63, 3.8) is 0 Å². The van der Waals surface area contributed by atoms with Gasteiger partial charge in [0, 0.05) is 18.2 Å². The maximum atomic E-state index is 12.0. The zero-order chi connectivity index (χ0) is 11.7. The molecule has 1 aliphatic heterocycles. The standard InChI is InChI=1S/C12H16N2O2/c1-8(2)14-6-10-4-3-9(7-16-13)5-11(10)12(14)15/h3-5,8H,6-7,13H2,1-2H3. The number of fused-ring (bicyclic) bond motifs is 1. The van der Waals surface area contributed by atoms with Crippen LogP contribution in [0.5, 0.6) is 0 Å². The van der Waals surface area contributed by atoms with Gasteiger partial charge < -0.3 is 4.90 Å². The lowest BCUT2D eigenvalue weighted by Crippen LogP contribution is -2.30. The summed E-state index contributed by atoms with van der Waals surface area (Å²) in [6.45, 7) is 5.08. The lowest BCUT2D eigenvalue weighted by molar-refractivity contribution is 0.0730. The molecule has 1 amide bonds. The molecule has 0 aliphatic carbocycles. The van der Waals surface area contributed by atoms with E-state index in [2.05, 4.69) is 4.84 Å². The molecule has 2 N–H and O–H groups in total. The van der Waals surface area contributed by atoms with Crippen molar-refractivity contribution in [2.45, 2.75) is 33.0 Å². The SMILES string of the molecule is CC(C)N1Cc2ccc(CON)cc2C1=O. The summed E-state index contributed by atoms with van der Waals surface area (Å²) in [6, 6.07) is 6.02. The summed E-state index contributed by atoms with van der Waals surface area (Å²) in [4.78, 5) is 18.5. The fourth-order valence-electron chi connectivity index (χ4n) is 1.97. The van der Waals surface area contributed by atoms with E-state index in [0.29, 0.717) is 13.2 Å². The molecule has 0 unspecified atom stereocenters. The first-order chi connectivity index (χ1) is 7.63. The van der Waals surface area contributed by atoms with Gasteiger partial charge in [-0.3, -0.25) is 9.63 Å². The van der Waals surface area contributed by atoms with Crippen molar-refractivity contribution in [1.82, 2.24) is 4.90 Å². The topological polar surface area (TPSA) is 55.6 Å². The van der Waals surface area contributed by atoms with E-state index < -0.39 is 0 Å². The third-order valence-corrected chi connectivity index (χ3v) is 2.88. The maximum Gasteiger partial charge on any atom is 0.254 e. The van der Waals surface area contributed by atoms with Crippen LogP contribution in [0.4, 0.5) is 0 Å². The van der Waals surface area contributed by atoms with Crippen molar-refractivity contribution in [3.05, 3.63) is 34.9 Å². The van der Waals surface area contributed by atoms with Crippen molar-refractivity contribution in [2.75, 3.05) is 0 Å². The van der Waals surface area contributed by atoms with Crippen LogP contribution in [0.2, 0.25) is 0 Å². The highest BCUT2D eigenvalue weighted by Crippen LogP contribution is 2.25. The molecule has 1 aromatic carbocycles. The quantitative estimate of drug-likeness (QED) is 0.784. The first-order valence-electron chi connectivity index (χ1n) is 5.38. The lowest BCUT2D eigenvalue weighted by atomic mass is 10.1. The minimum atomic E-state index is 0.101. The number of amides is 1. The van der Waals surface area contributed by atoms with Crippen molar-refractivity contribution >= 4 is 5.91 Å². The number of rotatable bonds is 3. The number of hydrogen-bond acceptors (Lipinski definition) is 3. The number of carbonyl (C=O) groups excluding carboxylic acids is 1. The predicted molar refractivity (Wildman–Crippen MR) is 60.4 cm³/mol. The first-order valence-corrected chi connectivity index (χ1v) is 5.38. The van der Waals surface area contributed by atoms with Crippen molar-refractivity contribution < 1.29 is 9.63 Å². The Bertz CT molecular complexity index is 415. The van der Waals surface area contributed by atoms with Gasteiger partial charge in [-0.05, 0) is 31.0 Å². The Morgan fingerprint density at radius 2 is 2.25 bits per heavy atom. The zero-order valence-electron chi connectivity index (χ0n) is 9.56. The molecule has 0 atom stereocenters. The summed E-state index contributed by atoms with van der Waals surface area (Å²) in [6.07, 6.45) is 0. The third kappa shape index (κ3) is 1.81. The molecule has 2 rings (SSSR count). The van der Waals surface area contributed by atoms with Gasteiger partial charge in [-0.1, -0.05) is 12.1 Å². The second kappa shape index (κ2) is 4.23. The minimum absolute atomic E-state index is 0.101. The Hall–Kier alpha value is -1.39. The molecule has 1 aromatic rings. The van der Waals surface area contributed by atoms with Crippen molar-refractivity contribution in [2.24, 2.45) is 5.90 Å². The van der Waals surface area contributed by atoms with Crippen LogP contribution in [0, 0.1) is 0 Å². The zero-order valence-corrected chi connectivity index (χ0v) is 9.56. The van der Waals surface area contributed by atoms with Gasteiger partial charge in [0.25, 0.3) is 5.91 Å². The normalized spacial score (nSPS) is 14.8. The van der Waals surface area contributed by atoms with Crippen LogP contribution in [0.15, 0.2) is 18.2 Å². The fraction of sp³-hybridized carbons (Fsp3) is 0.417. The summed E-state index contributed by atoms with van der Waals surface area (Å²) in [5, 5.41) is 0. The highest BCUT2D eigenvalue weighted by Gasteiger charge is 2.28. The van der Waals surface area contributed by atoms with Gasteiger partial charge >= 0.3 is 0 Å². The average Bonchev–Trinajstić information content (AvgIpc) is 2.57. The Balaban J connectivity index is 2.30. The van der Waals surface area contributed by atoms with E-state index in [0.717, 1.165) is 16.7 Å². The number of hydrogen-bond donors (Lipinski definition) is 1. The first kappa shape index (κ1) is 11.1. The molecule has 86 valence electrons. The average molecular weight is 220 g/mol. The van der Waals surface area contributed by atoms with E-state index in [9.17, 15) is 4.79 Å². The third-order valence-electron chi connectivity index (χ3n) is 2.88. The molecule has 0 spiro atoms. The molecule has 1 heterocycles. The van der Waals surface area contributed by atoms with Gasteiger partial charge in [-0.25, -0.2) is 5.90 Å². The summed E-state index contributed by atoms with van der Waals surface area (Å²) >= 11 is 0. The van der Waals surface area contributed by atoms with Gasteiger partial charge in [-0.2, -0.15) is 0 Å². The molecule has 0 saturated carbocycles. The van der Waals surface area contributed by atoms with E-state index >= 15 is 0 Å². The number of benzene rings is 1. The Morgan fingerprint density at radius 3 is 2.88 bits per heavy atom. The summed E-state index contributed by atoms with van der Waals surface area (Å²) in [7, 11) is 0. The minimum Gasteiger partial charge on any atom is -0.332 e. The predicted octanol–water partition coefficient (Wildman–Crippen LogP) is 1.44. The Kier molecular flexibility index (Phi) is 2.94. The van der Waals surface area contributed by atoms with Crippen LogP contribution in [0.25, 0.3) is 0 Å². The molecule has 4 nitrogen and oxygen atoms in total. The molecular weight excluding hydrogens is 204 g/mol. The molecule has 1 aliphatic rings. The maximum absolute atomic E-state index is 12.0. The molecular formula is C12H16N2O2. The number of nitrogens with two attached hydrogens (primary N) is 1. The van der Waals surface area contributed by atoms with Crippen molar-refractivity contribution in [3.8, 4) is 0 Å². The number of nitrogens with zero attached hydrogens (tertiary/aromatic N) is 1. The molecule has 0 radical (unpaired) electrons. The van der Waals surface area contributed by atoms with E-state index in [1.54, 1.807) is 0 Å². The molecule has 0 aromatic heterocycles.